The molecule has 20 heavy (non-hydrogen) atoms. The summed E-state index contributed by atoms with van der Waals surface area (Å²) in [4.78, 5) is 24.3. The average Bonchev–Trinajstić information content (AvgIpc) is 2.34. The summed E-state index contributed by atoms with van der Waals surface area (Å²) in [5, 5.41) is 4.86. The zero-order valence-corrected chi connectivity index (χ0v) is 11.9. The van der Waals surface area contributed by atoms with Gasteiger partial charge in [-0.1, -0.05) is 0 Å². The van der Waals surface area contributed by atoms with E-state index < -0.39 is 22.2 Å². The molecular formula is C10H21N5O4S. The molecule has 1 rings (SSSR count). The molecule has 1 heterocycles. The molecule has 1 aliphatic heterocycles. The largest absolute Gasteiger partial charge is 0.370 e. The van der Waals surface area contributed by atoms with Crippen molar-refractivity contribution in [2.45, 2.75) is 25.3 Å². The number of primary amides is 1. The highest BCUT2D eigenvalue weighted by Crippen LogP contribution is 2.16. The summed E-state index contributed by atoms with van der Waals surface area (Å²) < 4.78 is 23.9. The fourth-order valence-electron chi connectivity index (χ4n) is 2.20. The molecule has 0 aromatic rings. The van der Waals surface area contributed by atoms with Crippen LogP contribution in [0.5, 0.6) is 0 Å². The first kappa shape index (κ1) is 16.8. The van der Waals surface area contributed by atoms with Crippen LogP contribution in [0.15, 0.2) is 0 Å². The van der Waals surface area contributed by atoms with Crippen molar-refractivity contribution < 1.29 is 18.0 Å². The lowest BCUT2D eigenvalue weighted by Crippen LogP contribution is -2.50. The summed E-state index contributed by atoms with van der Waals surface area (Å²) in [6.45, 7) is 1.10. The van der Waals surface area contributed by atoms with E-state index in [1.54, 1.807) is 0 Å². The van der Waals surface area contributed by atoms with E-state index in [0.717, 1.165) is 12.8 Å². The molecule has 0 bridgehead atoms. The fraction of sp³-hybridized carbons (Fsp3) is 0.800. The molecule has 2 amide bonds. The smallest absolute Gasteiger partial charge is 0.274 e. The van der Waals surface area contributed by atoms with E-state index in [1.807, 2.05) is 0 Å². The number of carbonyl (C=O) groups excluding carboxylic acids is 2. The molecule has 0 radical (unpaired) electrons. The van der Waals surface area contributed by atoms with E-state index in [0.29, 0.717) is 13.1 Å². The van der Waals surface area contributed by atoms with Crippen LogP contribution in [-0.2, 0) is 19.8 Å². The van der Waals surface area contributed by atoms with Crippen LogP contribution < -0.4 is 21.3 Å². The standard InChI is InChI=1S/C10H21N5O4S/c11-8(4-9(12)16)10(17)15-3-1-2-7(6-15)5-14-20(13,18)19/h7-8,14H,1-6,11H2,(H2,12,16)(H2,13,18,19). The molecular weight excluding hydrogens is 286 g/mol. The van der Waals surface area contributed by atoms with E-state index in [-0.39, 0.29) is 24.8 Å². The maximum absolute atomic E-state index is 12.0. The molecule has 0 aromatic heterocycles. The molecule has 2 atom stereocenters. The topological polar surface area (TPSA) is 162 Å². The maximum Gasteiger partial charge on any atom is 0.274 e. The van der Waals surface area contributed by atoms with Crippen molar-refractivity contribution in [3.63, 3.8) is 0 Å². The Balaban J connectivity index is 2.51. The van der Waals surface area contributed by atoms with Gasteiger partial charge in [0.1, 0.15) is 0 Å². The first-order chi connectivity index (χ1) is 9.19. The molecule has 9 nitrogen and oxygen atoms in total. The predicted octanol–water partition coefficient (Wildman–Crippen LogP) is -2.78. The maximum atomic E-state index is 12.0. The van der Waals surface area contributed by atoms with Crippen LogP contribution >= 0.6 is 0 Å². The second-order valence-electron chi connectivity index (χ2n) is 4.96. The molecule has 0 aromatic carbocycles. The van der Waals surface area contributed by atoms with E-state index >= 15 is 0 Å². The number of hydrogen-bond acceptors (Lipinski definition) is 5. The normalized spacial score (nSPS) is 21.5. The summed E-state index contributed by atoms with van der Waals surface area (Å²) in [6.07, 6.45) is 1.33. The quantitative estimate of drug-likeness (QED) is 0.416. The lowest BCUT2D eigenvalue weighted by atomic mass is 9.97. The van der Waals surface area contributed by atoms with Crippen LogP contribution in [0.3, 0.4) is 0 Å². The molecule has 1 fully saturated rings. The van der Waals surface area contributed by atoms with Gasteiger partial charge in [-0.15, -0.1) is 0 Å². The van der Waals surface area contributed by atoms with E-state index in [4.69, 9.17) is 16.6 Å². The third-order valence-electron chi connectivity index (χ3n) is 3.14. The number of carbonyl (C=O) groups is 2. The SMILES string of the molecule is NC(=O)CC(N)C(=O)N1CCCC(CNS(N)(=O)=O)C1. The number of nitrogens with two attached hydrogens (primary N) is 3. The predicted molar refractivity (Wildman–Crippen MR) is 72.2 cm³/mol. The zero-order valence-electron chi connectivity index (χ0n) is 11.1. The Morgan fingerprint density at radius 3 is 2.60 bits per heavy atom. The van der Waals surface area contributed by atoms with Crippen LogP contribution in [0.1, 0.15) is 19.3 Å². The van der Waals surface area contributed by atoms with Crippen LogP contribution in [0.2, 0.25) is 0 Å². The number of nitrogens with one attached hydrogen (secondary N) is 1. The lowest BCUT2D eigenvalue weighted by Gasteiger charge is -2.34. The van der Waals surface area contributed by atoms with Crippen molar-refractivity contribution in [2.24, 2.45) is 22.5 Å². The summed E-state index contributed by atoms with van der Waals surface area (Å²) in [6, 6.07) is -0.947. The molecule has 0 aliphatic carbocycles. The minimum atomic E-state index is -3.73. The van der Waals surface area contributed by atoms with Crippen LogP contribution in [0.4, 0.5) is 0 Å². The highest BCUT2D eigenvalue weighted by atomic mass is 32.2. The molecule has 116 valence electrons. The first-order valence-electron chi connectivity index (χ1n) is 6.29. The zero-order chi connectivity index (χ0) is 15.3. The summed E-state index contributed by atoms with van der Waals surface area (Å²) >= 11 is 0. The summed E-state index contributed by atoms with van der Waals surface area (Å²) in [5.41, 5.74) is 10.6. The van der Waals surface area contributed by atoms with Crippen LogP contribution in [-0.4, -0.2) is 50.8 Å². The summed E-state index contributed by atoms with van der Waals surface area (Å²) in [7, 11) is -3.73. The van der Waals surface area contributed by atoms with Gasteiger partial charge in [-0.3, -0.25) is 9.59 Å². The minimum Gasteiger partial charge on any atom is -0.370 e. The Morgan fingerprint density at radius 2 is 2.05 bits per heavy atom. The van der Waals surface area contributed by atoms with Crippen molar-refractivity contribution >= 4 is 22.0 Å². The Labute approximate surface area is 118 Å². The molecule has 1 aliphatic rings. The molecule has 10 heteroatoms. The average molecular weight is 307 g/mol. The van der Waals surface area contributed by atoms with Crippen molar-refractivity contribution in [1.82, 2.24) is 9.62 Å². The van der Waals surface area contributed by atoms with Gasteiger partial charge >= 0.3 is 0 Å². The fourth-order valence-corrected chi connectivity index (χ4v) is 2.67. The third kappa shape index (κ3) is 5.82. The number of rotatable bonds is 6. The second kappa shape index (κ2) is 6.97. The van der Waals surface area contributed by atoms with Gasteiger partial charge in [0, 0.05) is 19.6 Å². The van der Waals surface area contributed by atoms with Crippen LogP contribution in [0.25, 0.3) is 0 Å². The van der Waals surface area contributed by atoms with Crippen molar-refractivity contribution in [2.75, 3.05) is 19.6 Å². The first-order valence-corrected chi connectivity index (χ1v) is 7.83. The van der Waals surface area contributed by atoms with Gasteiger partial charge in [0.05, 0.1) is 12.5 Å². The lowest BCUT2D eigenvalue weighted by molar-refractivity contribution is -0.136. The number of hydrogen-bond donors (Lipinski definition) is 4. The summed E-state index contributed by atoms with van der Waals surface area (Å²) in [5.74, 6) is -0.994. The van der Waals surface area contributed by atoms with Crippen molar-refractivity contribution in [3.05, 3.63) is 0 Å². The second-order valence-corrected chi connectivity index (χ2v) is 6.34. The molecule has 2 unspecified atom stereocenters. The minimum absolute atomic E-state index is 0.0215. The van der Waals surface area contributed by atoms with Crippen LogP contribution in [0, 0.1) is 5.92 Å². The van der Waals surface area contributed by atoms with E-state index in [1.165, 1.54) is 4.90 Å². The van der Waals surface area contributed by atoms with Crippen molar-refractivity contribution in [3.8, 4) is 0 Å². The monoisotopic (exact) mass is 307 g/mol. The highest BCUT2D eigenvalue weighted by Gasteiger charge is 2.28. The van der Waals surface area contributed by atoms with Gasteiger partial charge in [-0.25, -0.2) is 9.86 Å². The Hall–Kier alpha value is -1.23. The highest BCUT2D eigenvalue weighted by molar-refractivity contribution is 7.87. The van der Waals surface area contributed by atoms with Gasteiger partial charge < -0.3 is 16.4 Å². The Bertz CT molecular complexity index is 466. The molecule has 1 saturated heterocycles. The number of piperidine rings is 1. The number of amides is 2. The molecule has 0 spiro atoms. The van der Waals surface area contributed by atoms with Gasteiger partial charge in [-0.05, 0) is 18.8 Å². The number of nitrogens with zero attached hydrogens (tertiary/aromatic N) is 1. The van der Waals surface area contributed by atoms with E-state index in [9.17, 15) is 18.0 Å². The van der Waals surface area contributed by atoms with E-state index in [2.05, 4.69) is 4.72 Å². The Morgan fingerprint density at radius 1 is 1.40 bits per heavy atom. The molecule has 7 N–H and O–H groups in total. The van der Waals surface area contributed by atoms with Gasteiger partial charge in [0.2, 0.25) is 11.8 Å². The van der Waals surface area contributed by atoms with Crippen molar-refractivity contribution in [1.29, 1.82) is 0 Å². The molecule has 0 saturated carbocycles. The third-order valence-corrected chi connectivity index (χ3v) is 3.71. The van der Waals surface area contributed by atoms with Gasteiger partial charge in [0.15, 0.2) is 0 Å². The van der Waals surface area contributed by atoms with Gasteiger partial charge in [0.25, 0.3) is 10.2 Å². The van der Waals surface area contributed by atoms with Gasteiger partial charge in [-0.2, -0.15) is 8.42 Å². The Kier molecular flexibility index (Phi) is 5.87. The number of likely N-dealkylation sites (tertiary alicyclic amines) is 1.